The smallest absolute Gasteiger partial charge is 0.255 e. The number of aldehydes is 1. The first-order valence-electron chi connectivity index (χ1n) is 5.32. The van der Waals surface area contributed by atoms with Crippen LogP contribution in [0.2, 0.25) is 5.02 Å². The van der Waals surface area contributed by atoms with E-state index in [0.29, 0.717) is 23.1 Å². The Morgan fingerprint density at radius 2 is 1.78 bits per heavy atom. The normalized spacial score (nSPS) is 9.83. The molecular formula is C14H10ClNO2. The Labute approximate surface area is 109 Å². The van der Waals surface area contributed by atoms with E-state index >= 15 is 0 Å². The number of benzene rings is 2. The third-order valence-electron chi connectivity index (χ3n) is 2.44. The molecule has 3 nitrogen and oxygen atoms in total. The van der Waals surface area contributed by atoms with Gasteiger partial charge in [-0.25, -0.2) is 0 Å². The summed E-state index contributed by atoms with van der Waals surface area (Å²) in [5.74, 6) is -0.263. The van der Waals surface area contributed by atoms with Crippen LogP contribution >= 0.6 is 11.6 Å². The third-order valence-corrected chi connectivity index (χ3v) is 2.86. The lowest BCUT2D eigenvalue weighted by Gasteiger charge is -2.08. The molecule has 4 heteroatoms. The zero-order valence-corrected chi connectivity index (χ0v) is 10.1. The molecule has 0 aliphatic carbocycles. The molecule has 0 radical (unpaired) electrons. The average Bonchev–Trinajstić information content (AvgIpc) is 2.42. The van der Waals surface area contributed by atoms with Crippen LogP contribution in [0.15, 0.2) is 48.5 Å². The minimum atomic E-state index is -0.263. The van der Waals surface area contributed by atoms with Gasteiger partial charge in [0, 0.05) is 11.1 Å². The van der Waals surface area contributed by atoms with Gasteiger partial charge in [-0.3, -0.25) is 9.59 Å². The summed E-state index contributed by atoms with van der Waals surface area (Å²) >= 11 is 5.99. The molecule has 0 heterocycles. The van der Waals surface area contributed by atoms with Crippen molar-refractivity contribution in [3.8, 4) is 0 Å². The van der Waals surface area contributed by atoms with Gasteiger partial charge in [-0.1, -0.05) is 41.9 Å². The lowest BCUT2D eigenvalue weighted by atomic mass is 10.2. The molecule has 0 atom stereocenters. The minimum absolute atomic E-state index is 0.247. The number of anilines is 1. The number of halogens is 1. The standard InChI is InChI=1S/C14H10ClNO2/c15-13-11(9-17)7-4-8-12(13)16-14(18)10-5-2-1-3-6-10/h1-9H,(H,16,18). The molecule has 1 N–H and O–H groups in total. The maximum Gasteiger partial charge on any atom is 0.255 e. The van der Waals surface area contributed by atoms with Crippen LogP contribution < -0.4 is 5.32 Å². The van der Waals surface area contributed by atoms with Crippen LogP contribution in [-0.4, -0.2) is 12.2 Å². The van der Waals surface area contributed by atoms with E-state index in [-0.39, 0.29) is 10.9 Å². The topological polar surface area (TPSA) is 46.2 Å². The summed E-state index contributed by atoms with van der Waals surface area (Å²) in [6.45, 7) is 0. The summed E-state index contributed by atoms with van der Waals surface area (Å²) in [4.78, 5) is 22.6. The van der Waals surface area contributed by atoms with Crippen molar-refractivity contribution in [3.05, 3.63) is 64.7 Å². The molecule has 0 saturated heterocycles. The first-order valence-corrected chi connectivity index (χ1v) is 5.70. The lowest BCUT2D eigenvalue weighted by molar-refractivity contribution is 0.102. The van der Waals surface area contributed by atoms with Crippen molar-refractivity contribution in [1.29, 1.82) is 0 Å². The molecule has 2 aromatic carbocycles. The number of rotatable bonds is 3. The van der Waals surface area contributed by atoms with E-state index in [2.05, 4.69) is 5.32 Å². The van der Waals surface area contributed by atoms with Gasteiger partial charge in [-0.2, -0.15) is 0 Å². The fourth-order valence-electron chi connectivity index (χ4n) is 1.52. The van der Waals surface area contributed by atoms with E-state index in [9.17, 15) is 9.59 Å². The molecule has 0 spiro atoms. The molecule has 0 aliphatic heterocycles. The number of hydrogen-bond donors (Lipinski definition) is 1. The van der Waals surface area contributed by atoms with Gasteiger partial charge >= 0.3 is 0 Å². The second kappa shape index (κ2) is 5.47. The van der Waals surface area contributed by atoms with Crippen LogP contribution in [0.4, 0.5) is 5.69 Å². The summed E-state index contributed by atoms with van der Waals surface area (Å²) in [6.07, 6.45) is 0.653. The Kier molecular flexibility index (Phi) is 3.75. The second-order valence-corrected chi connectivity index (χ2v) is 4.02. The maximum atomic E-state index is 11.9. The van der Waals surface area contributed by atoms with Gasteiger partial charge in [0.15, 0.2) is 6.29 Å². The summed E-state index contributed by atoms with van der Waals surface area (Å²) in [5, 5.41) is 2.92. The number of carbonyl (C=O) groups excluding carboxylic acids is 2. The molecule has 0 saturated carbocycles. The number of hydrogen-bond acceptors (Lipinski definition) is 2. The van der Waals surface area contributed by atoms with Crippen molar-refractivity contribution in [1.82, 2.24) is 0 Å². The fourth-order valence-corrected chi connectivity index (χ4v) is 1.74. The highest BCUT2D eigenvalue weighted by Crippen LogP contribution is 2.25. The van der Waals surface area contributed by atoms with E-state index in [1.165, 1.54) is 0 Å². The zero-order chi connectivity index (χ0) is 13.0. The molecule has 18 heavy (non-hydrogen) atoms. The van der Waals surface area contributed by atoms with Crippen LogP contribution in [0.1, 0.15) is 20.7 Å². The van der Waals surface area contributed by atoms with E-state index < -0.39 is 0 Å². The molecule has 90 valence electrons. The van der Waals surface area contributed by atoms with Crippen LogP contribution in [0.5, 0.6) is 0 Å². The Morgan fingerprint density at radius 1 is 1.06 bits per heavy atom. The SMILES string of the molecule is O=Cc1cccc(NC(=O)c2ccccc2)c1Cl. The van der Waals surface area contributed by atoms with Gasteiger partial charge in [0.2, 0.25) is 0 Å². The highest BCUT2D eigenvalue weighted by atomic mass is 35.5. The quantitative estimate of drug-likeness (QED) is 0.859. The van der Waals surface area contributed by atoms with Crippen molar-refractivity contribution in [2.45, 2.75) is 0 Å². The Hall–Kier alpha value is -2.13. The van der Waals surface area contributed by atoms with Gasteiger partial charge in [-0.15, -0.1) is 0 Å². The predicted molar refractivity (Wildman–Crippen MR) is 71.2 cm³/mol. The van der Waals surface area contributed by atoms with Gasteiger partial charge in [0.05, 0.1) is 10.7 Å². The Morgan fingerprint density at radius 3 is 2.44 bits per heavy atom. The van der Waals surface area contributed by atoms with Crippen molar-refractivity contribution < 1.29 is 9.59 Å². The molecule has 0 unspecified atom stereocenters. The average molecular weight is 260 g/mol. The molecular weight excluding hydrogens is 250 g/mol. The highest BCUT2D eigenvalue weighted by Gasteiger charge is 2.09. The van der Waals surface area contributed by atoms with E-state index in [4.69, 9.17) is 11.6 Å². The van der Waals surface area contributed by atoms with Gasteiger partial charge in [0.25, 0.3) is 5.91 Å². The summed E-state index contributed by atoms with van der Waals surface area (Å²) < 4.78 is 0. The van der Waals surface area contributed by atoms with Crippen molar-refractivity contribution in [2.24, 2.45) is 0 Å². The lowest BCUT2D eigenvalue weighted by Crippen LogP contribution is -2.12. The highest BCUT2D eigenvalue weighted by molar-refractivity contribution is 6.36. The van der Waals surface area contributed by atoms with Crippen LogP contribution in [0.25, 0.3) is 0 Å². The predicted octanol–water partition coefficient (Wildman–Crippen LogP) is 3.40. The maximum absolute atomic E-state index is 11.9. The zero-order valence-electron chi connectivity index (χ0n) is 9.39. The van der Waals surface area contributed by atoms with E-state index in [1.807, 2.05) is 6.07 Å². The molecule has 2 aromatic rings. The Balaban J connectivity index is 2.25. The fraction of sp³-hybridized carbons (Fsp3) is 0. The minimum Gasteiger partial charge on any atom is -0.321 e. The monoisotopic (exact) mass is 259 g/mol. The second-order valence-electron chi connectivity index (χ2n) is 3.65. The van der Waals surface area contributed by atoms with Gasteiger partial charge in [0.1, 0.15) is 0 Å². The molecule has 1 amide bonds. The molecule has 2 rings (SSSR count). The largest absolute Gasteiger partial charge is 0.321 e. The molecule has 0 aromatic heterocycles. The van der Waals surface area contributed by atoms with Crippen LogP contribution in [0.3, 0.4) is 0 Å². The summed E-state index contributed by atoms with van der Waals surface area (Å²) in [6, 6.07) is 13.7. The van der Waals surface area contributed by atoms with E-state index in [0.717, 1.165) is 0 Å². The first-order chi connectivity index (χ1) is 8.72. The van der Waals surface area contributed by atoms with E-state index in [1.54, 1.807) is 42.5 Å². The van der Waals surface area contributed by atoms with Crippen molar-refractivity contribution >= 4 is 29.5 Å². The van der Waals surface area contributed by atoms with Crippen LogP contribution in [0, 0.1) is 0 Å². The number of amides is 1. The molecule has 0 bridgehead atoms. The summed E-state index contributed by atoms with van der Waals surface area (Å²) in [5.41, 5.74) is 1.31. The number of nitrogens with one attached hydrogen (secondary N) is 1. The number of carbonyl (C=O) groups is 2. The third kappa shape index (κ3) is 2.57. The molecule has 0 fully saturated rings. The first kappa shape index (κ1) is 12.3. The van der Waals surface area contributed by atoms with Crippen molar-refractivity contribution in [3.63, 3.8) is 0 Å². The van der Waals surface area contributed by atoms with Gasteiger partial charge < -0.3 is 5.32 Å². The van der Waals surface area contributed by atoms with Crippen molar-refractivity contribution in [2.75, 3.05) is 5.32 Å². The molecule has 0 aliphatic rings. The summed E-state index contributed by atoms with van der Waals surface area (Å²) in [7, 11) is 0. The Bertz CT molecular complexity index is 582. The van der Waals surface area contributed by atoms with Gasteiger partial charge in [-0.05, 0) is 18.2 Å². The van der Waals surface area contributed by atoms with Crippen LogP contribution in [-0.2, 0) is 0 Å².